The molecule has 3 nitrogen and oxygen atoms in total. The average Bonchev–Trinajstić information content (AvgIpc) is 2.52. The van der Waals surface area contributed by atoms with Crippen molar-refractivity contribution in [1.82, 2.24) is 4.72 Å². The molecule has 2 aromatic rings. The second kappa shape index (κ2) is 8.49. The molecule has 0 atom stereocenters. The van der Waals surface area contributed by atoms with Gasteiger partial charge in [-0.2, -0.15) is 0 Å². The molecule has 0 unspecified atom stereocenters. The Hall–Kier alpha value is -1.13. The van der Waals surface area contributed by atoms with E-state index in [-0.39, 0.29) is 0 Å². The molecule has 0 radical (unpaired) electrons. The summed E-state index contributed by atoms with van der Waals surface area (Å²) in [5, 5.41) is 1.14. The first-order chi connectivity index (χ1) is 10.6. The van der Waals surface area contributed by atoms with E-state index < -0.39 is 10.0 Å². The molecule has 5 heteroatoms. The first-order valence-corrected chi connectivity index (χ1v) is 10.9. The van der Waals surface area contributed by atoms with Crippen molar-refractivity contribution in [3.63, 3.8) is 0 Å². The predicted octanol–water partition coefficient (Wildman–Crippen LogP) is 2.50. The van der Waals surface area contributed by atoms with E-state index in [2.05, 4.69) is 29.0 Å². The minimum absolute atomic E-state index is 0.339. The molecule has 0 aliphatic heterocycles. The van der Waals surface area contributed by atoms with Crippen LogP contribution in [-0.4, -0.2) is 29.9 Å². The number of rotatable bonds is 8. The number of hydrogen-bond donors (Lipinski definition) is 1. The monoisotopic (exact) mass is 383 g/mol. The van der Waals surface area contributed by atoms with Gasteiger partial charge in [-0.05, 0) is 0 Å². The van der Waals surface area contributed by atoms with Crippen LogP contribution in [0.4, 0.5) is 0 Å². The zero-order valence-electron chi connectivity index (χ0n) is 12.7. The van der Waals surface area contributed by atoms with Crippen molar-refractivity contribution in [3.8, 4) is 0 Å². The van der Waals surface area contributed by atoms with Gasteiger partial charge in [0.1, 0.15) is 0 Å². The molecule has 0 saturated heterocycles. The normalized spacial score (nSPS) is 11.5. The van der Waals surface area contributed by atoms with Crippen LogP contribution in [0.5, 0.6) is 0 Å². The van der Waals surface area contributed by atoms with Crippen LogP contribution in [0.25, 0.3) is 0 Å². The second-order valence-electron chi connectivity index (χ2n) is 5.08. The van der Waals surface area contributed by atoms with E-state index in [9.17, 15) is 8.42 Å². The van der Waals surface area contributed by atoms with Gasteiger partial charge in [-0.15, -0.1) is 0 Å². The maximum atomic E-state index is 12.1. The molecule has 118 valence electrons. The molecule has 0 aliphatic rings. The molecule has 22 heavy (non-hydrogen) atoms. The standard InChI is InChI=1S/C17H21NO2SSe/c1-15-9-11-16(12-10-15)21(19,20)18-13-5-6-14-22-17-7-3-2-4-8-17/h2-4,7-12,18H,5-6,13-14H2,1H3. The topological polar surface area (TPSA) is 46.2 Å². The van der Waals surface area contributed by atoms with Crippen LogP contribution in [0.15, 0.2) is 59.5 Å². The first kappa shape index (κ1) is 17.2. The van der Waals surface area contributed by atoms with E-state index in [4.69, 9.17) is 0 Å². The Bertz CT molecular complexity index is 670. The fourth-order valence-corrected chi connectivity index (χ4v) is 4.97. The summed E-state index contributed by atoms with van der Waals surface area (Å²) in [6, 6.07) is 17.4. The zero-order valence-corrected chi connectivity index (χ0v) is 15.2. The summed E-state index contributed by atoms with van der Waals surface area (Å²) in [4.78, 5) is 0.339. The third kappa shape index (κ3) is 5.58. The maximum absolute atomic E-state index is 12.1. The number of nitrogens with one attached hydrogen (secondary N) is 1. The van der Waals surface area contributed by atoms with Crippen LogP contribution in [0.1, 0.15) is 18.4 Å². The Kier molecular flexibility index (Phi) is 6.65. The molecular formula is C17H21NO2SSe. The van der Waals surface area contributed by atoms with Gasteiger partial charge in [-0.1, -0.05) is 0 Å². The van der Waals surface area contributed by atoms with Gasteiger partial charge < -0.3 is 0 Å². The van der Waals surface area contributed by atoms with Gasteiger partial charge in [0.15, 0.2) is 0 Å². The van der Waals surface area contributed by atoms with Gasteiger partial charge >= 0.3 is 139 Å². The van der Waals surface area contributed by atoms with Gasteiger partial charge in [0.25, 0.3) is 0 Å². The van der Waals surface area contributed by atoms with Crippen LogP contribution < -0.4 is 9.18 Å². The van der Waals surface area contributed by atoms with Crippen molar-refractivity contribution in [2.45, 2.75) is 30.0 Å². The fourth-order valence-electron chi connectivity index (χ4n) is 1.94. The number of aryl methyl sites for hydroxylation is 1. The second-order valence-corrected chi connectivity index (χ2v) is 9.30. The number of sulfonamides is 1. The van der Waals surface area contributed by atoms with Crippen LogP contribution in [-0.2, 0) is 10.0 Å². The summed E-state index contributed by atoms with van der Waals surface area (Å²) in [6.45, 7) is 2.44. The molecule has 0 bridgehead atoms. The summed E-state index contributed by atoms with van der Waals surface area (Å²) in [6.07, 6.45) is 1.92. The molecule has 0 saturated carbocycles. The van der Waals surface area contributed by atoms with Gasteiger partial charge in [0, 0.05) is 0 Å². The molecule has 0 aliphatic carbocycles. The number of benzene rings is 2. The number of unbranched alkanes of at least 4 members (excludes halogenated alkanes) is 1. The van der Waals surface area contributed by atoms with E-state index >= 15 is 0 Å². The van der Waals surface area contributed by atoms with Crippen LogP contribution in [0.3, 0.4) is 0 Å². The van der Waals surface area contributed by atoms with Crippen LogP contribution in [0.2, 0.25) is 5.32 Å². The molecule has 0 spiro atoms. The Labute approximate surface area is 139 Å². The number of hydrogen-bond acceptors (Lipinski definition) is 2. The van der Waals surface area contributed by atoms with Crippen molar-refractivity contribution in [2.75, 3.05) is 6.54 Å². The quantitative estimate of drug-likeness (QED) is 0.563. The summed E-state index contributed by atoms with van der Waals surface area (Å²) in [5.41, 5.74) is 1.06. The Morgan fingerprint density at radius 2 is 1.64 bits per heavy atom. The first-order valence-electron chi connectivity index (χ1n) is 7.32. The minimum atomic E-state index is -3.36. The molecule has 0 aromatic heterocycles. The van der Waals surface area contributed by atoms with E-state index in [0.29, 0.717) is 26.4 Å². The molecule has 1 N–H and O–H groups in total. The van der Waals surface area contributed by atoms with Gasteiger partial charge in [-0.25, -0.2) is 0 Å². The summed E-state index contributed by atoms with van der Waals surface area (Å²) in [5.74, 6) is 0. The van der Waals surface area contributed by atoms with Crippen molar-refractivity contribution in [1.29, 1.82) is 0 Å². The van der Waals surface area contributed by atoms with Crippen molar-refractivity contribution in [3.05, 3.63) is 60.2 Å². The predicted molar refractivity (Wildman–Crippen MR) is 92.2 cm³/mol. The summed E-state index contributed by atoms with van der Waals surface area (Å²) >= 11 is 0.483. The van der Waals surface area contributed by atoms with Gasteiger partial charge in [-0.3, -0.25) is 0 Å². The third-order valence-electron chi connectivity index (χ3n) is 3.21. The van der Waals surface area contributed by atoms with Crippen molar-refractivity contribution < 1.29 is 8.42 Å². The van der Waals surface area contributed by atoms with E-state index in [0.717, 1.165) is 23.7 Å². The zero-order chi connectivity index (χ0) is 15.8. The van der Waals surface area contributed by atoms with Crippen LogP contribution >= 0.6 is 0 Å². The van der Waals surface area contributed by atoms with Crippen LogP contribution in [0, 0.1) is 6.92 Å². The molecule has 0 heterocycles. The van der Waals surface area contributed by atoms with E-state index in [1.54, 1.807) is 12.1 Å². The Morgan fingerprint density at radius 3 is 2.32 bits per heavy atom. The Morgan fingerprint density at radius 1 is 0.955 bits per heavy atom. The van der Waals surface area contributed by atoms with E-state index in [1.807, 2.05) is 25.1 Å². The van der Waals surface area contributed by atoms with E-state index in [1.165, 1.54) is 4.46 Å². The third-order valence-corrected chi connectivity index (χ3v) is 6.99. The average molecular weight is 382 g/mol. The molecular weight excluding hydrogens is 361 g/mol. The van der Waals surface area contributed by atoms with Gasteiger partial charge in [0.2, 0.25) is 0 Å². The SMILES string of the molecule is Cc1ccc(S(=O)(=O)NCCCC[Se]c2ccccc2)cc1. The Balaban J connectivity index is 1.68. The van der Waals surface area contributed by atoms with Crippen molar-refractivity contribution >= 4 is 29.4 Å². The van der Waals surface area contributed by atoms with Gasteiger partial charge in [0.05, 0.1) is 0 Å². The fraction of sp³-hybridized carbons (Fsp3) is 0.294. The molecule has 2 aromatic carbocycles. The van der Waals surface area contributed by atoms with Crippen molar-refractivity contribution in [2.24, 2.45) is 0 Å². The summed E-state index contributed by atoms with van der Waals surface area (Å²) < 4.78 is 28.3. The summed E-state index contributed by atoms with van der Waals surface area (Å²) in [7, 11) is -3.36. The molecule has 0 amide bonds. The molecule has 0 fully saturated rings. The molecule has 2 rings (SSSR count).